The van der Waals surface area contributed by atoms with E-state index in [1.54, 1.807) is 19.1 Å². The maximum absolute atomic E-state index is 12.7. The smallest absolute Gasteiger partial charge is 0.338 e. The van der Waals surface area contributed by atoms with Gasteiger partial charge in [0.05, 0.1) is 35.6 Å². The monoisotopic (exact) mass is 431 g/mol. The van der Waals surface area contributed by atoms with Crippen LogP contribution in [0.15, 0.2) is 76.4 Å². The van der Waals surface area contributed by atoms with E-state index in [9.17, 15) is 4.79 Å². The molecule has 0 aliphatic carbocycles. The molecule has 7 heteroatoms. The molecule has 2 aliphatic rings. The molecule has 6 nitrogen and oxygen atoms in total. The molecular weight excluding hydrogens is 410 g/mol. The van der Waals surface area contributed by atoms with E-state index in [4.69, 9.17) is 14.7 Å². The van der Waals surface area contributed by atoms with Gasteiger partial charge in [-0.2, -0.15) is 5.26 Å². The lowest BCUT2D eigenvalue weighted by molar-refractivity contribution is -0.139. The molecule has 2 aliphatic heterocycles. The third-order valence-corrected chi connectivity index (χ3v) is 5.77. The van der Waals surface area contributed by atoms with Gasteiger partial charge in [-0.05, 0) is 54.6 Å². The van der Waals surface area contributed by atoms with E-state index < -0.39 is 0 Å². The van der Waals surface area contributed by atoms with Crippen molar-refractivity contribution in [2.45, 2.75) is 26.5 Å². The minimum absolute atomic E-state index is 0.301. The van der Waals surface area contributed by atoms with Crippen LogP contribution in [-0.2, 0) is 16.1 Å². The number of hydrogen-bond donors (Lipinski definition) is 0. The summed E-state index contributed by atoms with van der Waals surface area (Å²) in [6.07, 6.45) is 1.94. The highest BCUT2D eigenvalue weighted by Gasteiger charge is 2.37. The number of benzene rings is 2. The maximum Gasteiger partial charge on any atom is 0.338 e. The Kier molecular flexibility index (Phi) is 6.10. The van der Waals surface area contributed by atoms with Crippen LogP contribution in [0.3, 0.4) is 0 Å². The molecule has 1 atom stereocenters. The van der Waals surface area contributed by atoms with Crippen LogP contribution in [0.1, 0.15) is 36.6 Å². The first-order chi connectivity index (χ1) is 15.1. The molecule has 0 radical (unpaired) electrons. The lowest BCUT2D eigenvalue weighted by Gasteiger charge is -2.33. The quantitative estimate of drug-likeness (QED) is 0.605. The predicted octanol–water partition coefficient (Wildman–Crippen LogP) is 4.91. The van der Waals surface area contributed by atoms with Gasteiger partial charge in [-0.3, -0.25) is 0 Å². The number of carbonyl (C=O) groups excluding carboxylic acids is 1. The highest BCUT2D eigenvalue weighted by atomic mass is 32.2. The summed E-state index contributed by atoms with van der Waals surface area (Å²) in [5, 5.41) is 11.7. The van der Waals surface area contributed by atoms with Gasteiger partial charge in [-0.25, -0.2) is 9.79 Å². The van der Waals surface area contributed by atoms with Gasteiger partial charge in [-0.15, -0.1) is 0 Å². The lowest BCUT2D eigenvalue weighted by Crippen LogP contribution is -2.34. The van der Waals surface area contributed by atoms with E-state index in [1.807, 2.05) is 59.8 Å². The summed E-state index contributed by atoms with van der Waals surface area (Å²) >= 11 is 1.53. The number of aliphatic imine (C=N–C) groups is 1. The number of hydrogen-bond acceptors (Lipinski definition) is 7. The minimum atomic E-state index is -0.348. The third-order valence-electron chi connectivity index (χ3n) is 5.00. The van der Waals surface area contributed by atoms with E-state index in [0.717, 1.165) is 22.0 Å². The summed E-state index contributed by atoms with van der Waals surface area (Å²) in [4.78, 5) is 19.3. The van der Waals surface area contributed by atoms with E-state index >= 15 is 0 Å². The van der Waals surface area contributed by atoms with Gasteiger partial charge < -0.3 is 14.4 Å². The number of amidine groups is 1. The van der Waals surface area contributed by atoms with Gasteiger partial charge in [0.1, 0.15) is 12.4 Å². The standard InChI is InChI=1S/C24H21N3O3S/c1-3-29-23(28)21-16(2)26-24-27(12-13-31-24)22(21)19-8-10-20(11-9-19)30-15-18-6-4-17(14-25)5-7-18/h4-13,22H,3,15H2,1-2H3/t22-/m0/s1. The molecule has 156 valence electrons. The molecule has 0 unspecified atom stereocenters. The molecule has 0 saturated carbocycles. The molecule has 2 heterocycles. The largest absolute Gasteiger partial charge is 0.489 e. The van der Waals surface area contributed by atoms with Crippen molar-refractivity contribution >= 4 is 22.9 Å². The van der Waals surface area contributed by atoms with Crippen LogP contribution in [0, 0.1) is 11.3 Å². The number of fused-ring (bicyclic) bond motifs is 1. The summed E-state index contributed by atoms with van der Waals surface area (Å²) in [7, 11) is 0. The first kappa shape index (κ1) is 20.8. The van der Waals surface area contributed by atoms with Crippen molar-refractivity contribution in [2.24, 2.45) is 4.99 Å². The molecule has 0 bridgehead atoms. The van der Waals surface area contributed by atoms with Crippen LogP contribution < -0.4 is 4.74 Å². The Balaban J connectivity index is 1.54. The molecule has 0 N–H and O–H groups in total. The topological polar surface area (TPSA) is 74.9 Å². The number of allylic oxidation sites excluding steroid dienone is 1. The molecule has 0 saturated heterocycles. The van der Waals surface area contributed by atoms with Gasteiger partial charge >= 0.3 is 5.97 Å². The summed E-state index contributed by atoms with van der Waals surface area (Å²) in [6.45, 7) is 4.36. The Morgan fingerprint density at radius 2 is 1.94 bits per heavy atom. The summed E-state index contributed by atoms with van der Waals surface area (Å²) in [6, 6.07) is 16.8. The average molecular weight is 432 g/mol. The minimum Gasteiger partial charge on any atom is -0.489 e. The fourth-order valence-electron chi connectivity index (χ4n) is 3.49. The molecule has 0 amide bonds. The Morgan fingerprint density at radius 1 is 1.19 bits per heavy atom. The third kappa shape index (κ3) is 4.35. The second-order valence-electron chi connectivity index (χ2n) is 6.99. The van der Waals surface area contributed by atoms with Crippen molar-refractivity contribution in [3.63, 3.8) is 0 Å². The number of nitrogens with zero attached hydrogens (tertiary/aromatic N) is 3. The number of carbonyl (C=O) groups is 1. The molecule has 0 aromatic heterocycles. The normalized spacial score (nSPS) is 17.1. The van der Waals surface area contributed by atoms with Crippen molar-refractivity contribution in [3.8, 4) is 11.8 Å². The van der Waals surface area contributed by atoms with Crippen molar-refractivity contribution < 1.29 is 14.3 Å². The SMILES string of the molecule is CCOC(=O)C1=C(C)N=C2SC=CN2[C@H]1c1ccc(OCc2ccc(C#N)cc2)cc1. The van der Waals surface area contributed by atoms with Gasteiger partial charge in [0.25, 0.3) is 0 Å². The summed E-state index contributed by atoms with van der Waals surface area (Å²) in [5.41, 5.74) is 3.78. The van der Waals surface area contributed by atoms with E-state index in [2.05, 4.69) is 11.1 Å². The van der Waals surface area contributed by atoms with Crippen molar-refractivity contribution in [1.82, 2.24) is 4.90 Å². The highest BCUT2D eigenvalue weighted by molar-refractivity contribution is 8.16. The van der Waals surface area contributed by atoms with Crippen LogP contribution in [-0.4, -0.2) is 22.6 Å². The van der Waals surface area contributed by atoms with Crippen LogP contribution in [0.2, 0.25) is 0 Å². The molecule has 2 aromatic carbocycles. The van der Waals surface area contributed by atoms with E-state index in [0.29, 0.717) is 30.0 Å². The van der Waals surface area contributed by atoms with Crippen LogP contribution in [0.5, 0.6) is 5.75 Å². The molecule has 0 spiro atoms. The first-order valence-electron chi connectivity index (χ1n) is 9.90. The molecule has 4 rings (SSSR count). The number of thioether (sulfide) groups is 1. The van der Waals surface area contributed by atoms with Crippen LogP contribution in [0.25, 0.3) is 0 Å². The summed E-state index contributed by atoms with van der Waals surface area (Å²) < 4.78 is 11.2. The molecule has 0 fully saturated rings. The number of esters is 1. The Labute approximate surface area is 185 Å². The zero-order valence-corrected chi connectivity index (χ0v) is 18.1. The molecule has 2 aromatic rings. The van der Waals surface area contributed by atoms with Crippen LogP contribution >= 0.6 is 11.8 Å². The molecule has 31 heavy (non-hydrogen) atoms. The van der Waals surface area contributed by atoms with Gasteiger partial charge in [-0.1, -0.05) is 36.0 Å². The average Bonchev–Trinajstić information content (AvgIpc) is 3.25. The second kappa shape index (κ2) is 9.11. The predicted molar refractivity (Wildman–Crippen MR) is 120 cm³/mol. The fourth-order valence-corrected chi connectivity index (χ4v) is 4.28. The Morgan fingerprint density at radius 3 is 2.61 bits per heavy atom. The van der Waals surface area contributed by atoms with Crippen molar-refractivity contribution in [1.29, 1.82) is 5.26 Å². The first-order valence-corrected chi connectivity index (χ1v) is 10.8. The second-order valence-corrected chi connectivity index (χ2v) is 7.87. The van der Waals surface area contributed by atoms with Gasteiger partial charge in [0.15, 0.2) is 5.17 Å². The van der Waals surface area contributed by atoms with Gasteiger partial charge in [0.2, 0.25) is 0 Å². The van der Waals surface area contributed by atoms with Crippen molar-refractivity contribution in [3.05, 3.63) is 88.1 Å². The zero-order valence-electron chi connectivity index (χ0n) is 17.2. The van der Waals surface area contributed by atoms with E-state index in [1.165, 1.54) is 11.8 Å². The van der Waals surface area contributed by atoms with E-state index in [-0.39, 0.29) is 12.0 Å². The maximum atomic E-state index is 12.7. The van der Waals surface area contributed by atoms with Crippen molar-refractivity contribution in [2.75, 3.05) is 6.61 Å². The Hall–Kier alpha value is -3.50. The fraction of sp³-hybridized carbons (Fsp3) is 0.208. The summed E-state index contributed by atoms with van der Waals surface area (Å²) in [5.74, 6) is 0.377. The molecular formula is C24H21N3O3S. The number of nitriles is 1. The number of rotatable bonds is 6. The highest BCUT2D eigenvalue weighted by Crippen LogP contribution is 2.41. The lowest BCUT2D eigenvalue weighted by atomic mass is 9.95. The van der Waals surface area contributed by atoms with Crippen LogP contribution in [0.4, 0.5) is 0 Å². The zero-order chi connectivity index (χ0) is 21.8. The number of ether oxygens (including phenoxy) is 2. The Bertz CT molecular complexity index is 1110. The van der Waals surface area contributed by atoms with Gasteiger partial charge in [0, 0.05) is 6.20 Å².